The Kier molecular flexibility index (Phi) is 6.16. The van der Waals surface area contributed by atoms with Crippen LogP contribution in [0.15, 0.2) is 15.9 Å². The number of amides is 1. The van der Waals surface area contributed by atoms with Gasteiger partial charge in [-0.05, 0) is 34.3 Å². The molecular weight excluding hydrogens is 300 g/mol. The Morgan fingerprint density at radius 1 is 1.59 bits per heavy atom. The van der Waals surface area contributed by atoms with E-state index in [4.69, 9.17) is 5.73 Å². The lowest BCUT2D eigenvalue weighted by molar-refractivity contribution is -0.125. The first kappa shape index (κ1) is 14.7. The van der Waals surface area contributed by atoms with Crippen LogP contribution in [0.1, 0.15) is 25.1 Å². The second-order valence-corrected chi connectivity index (χ2v) is 6.42. The van der Waals surface area contributed by atoms with Crippen LogP contribution in [-0.2, 0) is 11.3 Å². The van der Waals surface area contributed by atoms with Gasteiger partial charge in [-0.15, -0.1) is 11.3 Å². The van der Waals surface area contributed by atoms with Crippen LogP contribution in [0.3, 0.4) is 0 Å². The number of halogens is 1. The molecule has 0 aliphatic rings. The van der Waals surface area contributed by atoms with E-state index in [0.29, 0.717) is 19.0 Å². The summed E-state index contributed by atoms with van der Waals surface area (Å²) in [7, 11) is 0. The second-order valence-electron chi connectivity index (χ2n) is 4.51. The Hall–Kier alpha value is -0.390. The van der Waals surface area contributed by atoms with Crippen LogP contribution in [0, 0.1) is 11.8 Å². The maximum atomic E-state index is 11.9. The van der Waals surface area contributed by atoms with Crippen molar-refractivity contribution in [3.05, 3.63) is 20.8 Å². The Morgan fingerprint density at radius 3 is 2.76 bits per heavy atom. The number of nitrogens with two attached hydrogens (primary N) is 1. The van der Waals surface area contributed by atoms with E-state index in [1.54, 1.807) is 11.3 Å². The van der Waals surface area contributed by atoms with Crippen LogP contribution >= 0.6 is 27.3 Å². The van der Waals surface area contributed by atoms with Gasteiger partial charge in [-0.3, -0.25) is 4.79 Å². The predicted octanol–water partition coefficient (Wildman–Crippen LogP) is 2.75. The molecule has 1 aromatic rings. The lowest BCUT2D eigenvalue weighted by Gasteiger charge is -2.16. The minimum Gasteiger partial charge on any atom is -0.351 e. The second kappa shape index (κ2) is 7.13. The monoisotopic (exact) mass is 318 g/mol. The first-order chi connectivity index (χ1) is 8.02. The van der Waals surface area contributed by atoms with Crippen LogP contribution in [-0.4, -0.2) is 12.5 Å². The molecule has 1 unspecified atom stereocenters. The molecule has 0 aliphatic heterocycles. The summed E-state index contributed by atoms with van der Waals surface area (Å²) in [6.45, 7) is 5.21. The SMILES string of the molecule is CC(C)CC(CN)C(=O)NCc1cc(Br)cs1. The van der Waals surface area contributed by atoms with Gasteiger partial charge in [0.05, 0.1) is 12.5 Å². The summed E-state index contributed by atoms with van der Waals surface area (Å²) in [5.74, 6) is 0.481. The summed E-state index contributed by atoms with van der Waals surface area (Å²) in [6, 6.07) is 2.02. The van der Waals surface area contributed by atoms with Gasteiger partial charge in [0.1, 0.15) is 0 Å². The number of nitrogens with one attached hydrogen (secondary N) is 1. The smallest absolute Gasteiger partial charge is 0.224 e. The molecule has 0 aromatic carbocycles. The molecule has 0 saturated heterocycles. The molecule has 1 rings (SSSR count). The van der Waals surface area contributed by atoms with E-state index < -0.39 is 0 Å². The number of thiophene rings is 1. The lowest BCUT2D eigenvalue weighted by atomic mass is 9.96. The van der Waals surface area contributed by atoms with Crippen molar-refractivity contribution in [2.45, 2.75) is 26.8 Å². The summed E-state index contributed by atoms with van der Waals surface area (Å²) in [6.07, 6.45) is 0.844. The zero-order valence-electron chi connectivity index (χ0n) is 10.2. The molecule has 3 N–H and O–H groups in total. The van der Waals surface area contributed by atoms with E-state index in [1.165, 1.54) is 0 Å². The Bertz CT molecular complexity index is 365. The minimum absolute atomic E-state index is 0.0609. The number of hydrogen-bond acceptors (Lipinski definition) is 3. The van der Waals surface area contributed by atoms with Crippen LogP contribution in [0.2, 0.25) is 0 Å². The zero-order valence-corrected chi connectivity index (χ0v) is 12.6. The summed E-state index contributed by atoms with van der Waals surface area (Å²) >= 11 is 5.02. The third kappa shape index (κ3) is 5.19. The van der Waals surface area contributed by atoms with E-state index in [9.17, 15) is 4.79 Å². The zero-order chi connectivity index (χ0) is 12.8. The van der Waals surface area contributed by atoms with Gasteiger partial charge in [0.2, 0.25) is 5.91 Å². The van der Waals surface area contributed by atoms with Gasteiger partial charge in [-0.25, -0.2) is 0 Å². The maximum Gasteiger partial charge on any atom is 0.224 e. The Balaban J connectivity index is 2.42. The normalized spacial score (nSPS) is 12.8. The summed E-state index contributed by atoms with van der Waals surface area (Å²) in [5.41, 5.74) is 5.63. The molecule has 96 valence electrons. The van der Waals surface area contributed by atoms with Gasteiger partial charge >= 0.3 is 0 Å². The maximum absolute atomic E-state index is 11.9. The third-order valence-electron chi connectivity index (χ3n) is 2.47. The van der Waals surface area contributed by atoms with Crippen molar-refractivity contribution >= 4 is 33.2 Å². The molecule has 5 heteroatoms. The molecule has 0 saturated carbocycles. The van der Waals surface area contributed by atoms with E-state index in [1.807, 2.05) is 11.4 Å². The molecule has 1 amide bonds. The highest BCUT2D eigenvalue weighted by atomic mass is 79.9. The van der Waals surface area contributed by atoms with Crippen LogP contribution in [0.5, 0.6) is 0 Å². The van der Waals surface area contributed by atoms with Crippen molar-refractivity contribution in [3.8, 4) is 0 Å². The molecule has 0 aliphatic carbocycles. The van der Waals surface area contributed by atoms with Crippen molar-refractivity contribution < 1.29 is 4.79 Å². The summed E-state index contributed by atoms with van der Waals surface area (Å²) in [5, 5.41) is 4.95. The van der Waals surface area contributed by atoms with Gasteiger partial charge in [0, 0.05) is 21.3 Å². The van der Waals surface area contributed by atoms with Crippen LogP contribution < -0.4 is 11.1 Å². The molecule has 0 bridgehead atoms. The van der Waals surface area contributed by atoms with Crippen molar-refractivity contribution in [3.63, 3.8) is 0 Å². The fourth-order valence-corrected chi connectivity index (χ4v) is 3.04. The standard InChI is InChI=1S/C12H19BrN2OS/c1-8(2)3-9(5-14)12(16)15-6-11-4-10(13)7-17-11/h4,7-9H,3,5-6,14H2,1-2H3,(H,15,16). The van der Waals surface area contributed by atoms with Crippen LogP contribution in [0.4, 0.5) is 0 Å². The molecule has 1 heterocycles. The molecule has 1 aromatic heterocycles. The van der Waals surface area contributed by atoms with E-state index >= 15 is 0 Å². The Morgan fingerprint density at radius 2 is 2.29 bits per heavy atom. The van der Waals surface area contributed by atoms with Gasteiger partial charge in [-0.2, -0.15) is 0 Å². The van der Waals surface area contributed by atoms with Crippen LogP contribution in [0.25, 0.3) is 0 Å². The first-order valence-corrected chi connectivity index (χ1v) is 7.41. The first-order valence-electron chi connectivity index (χ1n) is 5.73. The molecule has 0 radical (unpaired) electrons. The van der Waals surface area contributed by atoms with Crippen molar-refractivity contribution in [1.82, 2.24) is 5.32 Å². The van der Waals surface area contributed by atoms with E-state index in [-0.39, 0.29) is 11.8 Å². The fourth-order valence-electron chi connectivity index (χ4n) is 1.64. The van der Waals surface area contributed by atoms with Gasteiger partial charge in [-0.1, -0.05) is 13.8 Å². The van der Waals surface area contributed by atoms with E-state index in [2.05, 4.69) is 35.1 Å². The van der Waals surface area contributed by atoms with Crippen molar-refractivity contribution in [1.29, 1.82) is 0 Å². The Labute approximate surface area is 115 Å². The highest BCUT2D eigenvalue weighted by Crippen LogP contribution is 2.19. The average Bonchev–Trinajstić information content (AvgIpc) is 2.68. The topological polar surface area (TPSA) is 55.1 Å². The third-order valence-corrected chi connectivity index (χ3v) is 4.17. The molecule has 1 atom stereocenters. The number of hydrogen-bond donors (Lipinski definition) is 2. The van der Waals surface area contributed by atoms with E-state index in [0.717, 1.165) is 15.8 Å². The number of rotatable bonds is 6. The largest absolute Gasteiger partial charge is 0.351 e. The predicted molar refractivity (Wildman–Crippen MR) is 75.9 cm³/mol. The molecule has 0 spiro atoms. The van der Waals surface area contributed by atoms with Gasteiger partial charge in [0.25, 0.3) is 0 Å². The highest BCUT2D eigenvalue weighted by molar-refractivity contribution is 9.10. The summed E-state index contributed by atoms with van der Waals surface area (Å²) < 4.78 is 1.06. The van der Waals surface area contributed by atoms with Crippen molar-refractivity contribution in [2.75, 3.05) is 6.54 Å². The number of carbonyl (C=O) groups excluding carboxylic acids is 1. The van der Waals surface area contributed by atoms with Crippen molar-refractivity contribution in [2.24, 2.45) is 17.6 Å². The summed E-state index contributed by atoms with van der Waals surface area (Å²) in [4.78, 5) is 13.0. The van der Waals surface area contributed by atoms with Gasteiger partial charge < -0.3 is 11.1 Å². The highest BCUT2D eigenvalue weighted by Gasteiger charge is 2.17. The number of carbonyl (C=O) groups is 1. The molecule has 0 fully saturated rings. The molecule has 3 nitrogen and oxygen atoms in total. The molecular formula is C12H19BrN2OS. The minimum atomic E-state index is -0.0709. The average molecular weight is 319 g/mol. The lowest BCUT2D eigenvalue weighted by Crippen LogP contribution is -2.35. The fraction of sp³-hybridized carbons (Fsp3) is 0.583. The molecule has 17 heavy (non-hydrogen) atoms. The quantitative estimate of drug-likeness (QED) is 0.847. The van der Waals surface area contributed by atoms with Gasteiger partial charge in [0.15, 0.2) is 0 Å².